The molecule has 0 bridgehead atoms. The van der Waals surface area contributed by atoms with Gasteiger partial charge in [0.2, 0.25) is 0 Å². The van der Waals surface area contributed by atoms with Gasteiger partial charge in [0.1, 0.15) is 0 Å². The standard InChI is InChI=1S/C59H57BN2Si/c1-40-25-32-52(42(3)35-40)62-54-34-31-49(63(46-19-13-10-14-20-46,47-21-15-11-16-22-47)48-23-17-12-18-24-48)39-51(54)60-50-38-44(59(7,8)9)28-33-53(50)61(55-36-41(2)37-56(62)57(55)60)45-29-26-43(27-30-45)58(4,5)6/h10-39H,1-9H3. The maximum Gasteiger partial charge on any atom is 0.252 e. The van der Waals surface area contributed by atoms with Crippen LogP contribution in [0.2, 0.25) is 0 Å². The highest BCUT2D eigenvalue weighted by Gasteiger charge is 2.47. The van der Waals surface area contributed by atoms with Crippen molar-refractivity contribution in [3.63, 3.8) is 0 Å². The first kappa shape index (κ1) is 40.7. The molecule has 0 N–H and O–H groups in total. The molecule has 2 aliphatic rings. The highest BCUT2D eigenvalue weighted by molar-refractivity contribution is 7.20. The van der Waals surface area contributed by atoms with E-state index in [0.29, 0.717) is 0 Å². The molecule has 0 aliphatic carbocycles. The Kier molecular flexibility index (Phi) is 9.80. The zero-order valence-electron chi connectivity index (χ0n) is 38.3. The van der Waals surface area contributed by atoms with Crippen LogP contribution in [0.5, 0.6) is 0 Å². The molecule has 0 spiro atoms. The first-order valence-corrected chi connectivity index (χ1v) is 24.6. The number of rotatable bonds is 6. The van der Waals surface area contributed by atoms with Crippen LogP contribution in [0.15, 0.2) is 182 Å². The van der Waals surface area contributed by atoms with E-state index in [9.17, 15) is 0 Å². The molecule has 4 heteroatoms. The fraction of sp³-hybridized carbons (Fsp3) is 0.186. The van der Waals surface area contributed by atoms with Gasteiger partial charge in [0.25, 0.3) is 6.71 Å². The van der Waals surface area contributed by atoms with Crippen LogP contribution in [0.4, 0.5) is 34.1 Å². The van der Waals surface area contributed by atoms with E-state index in [1.165, 1.54) is 99.1 Å². The average Bonchev–Trinajstić information content (AvgIpc) is 3.27. The number of nitrogens with zero attached hydrogens (tertiary/aromatic N) is 2. The van der Waals surface area contributed by atoms with Crippen molar-refractivity contribution in [2.24, 2.45) is 0 Å². The minimum Gasteiger partial charge on any atom is -0.311 e. The molecule has 310 valence electrons. The normalized spacial score (nSPS) is 13.4. The summed E-state index contributed by atoms with van der Waals surface area (Å²) < 4.78 is 0. The Morgan fingerprint density at radius 2 is 0.857 bits per heavy atom. The van der Waals surface area contributed by atoms with Crippen molar-refractivity contribution in [2.45, 2.75) is 73.1 Å². The third-order valence-electron chi connectivity index (χ3n) is 13.7. The van der Waals surface area contributed by atoms with Crippen LogP contribution in [0.1, 0.15) is 69.4 Å². The SMILES string of the molecule is Cc1ccc(N2c3ccc([Si](c4ccccc4)(c4ccccc4)c4ccccc4)cc3B3c4cc(C(C)(C)C)ccc4N(c4ccc(C(C)(C)C)cc4)c4cc(C)cc2c43)c(C)c1. The topological polar surface area (TPSA) is 6.48 Å². The summed E-state index contributed by atoms with van der Waals surface area (Å²) in [6.07, 6.45) is 0. The van der Waals surface area contributed by atoms with Crippen molar-refractivity contribution in [1.82, 2.24) is 0 Å². The molecule has 2 nitrogen and oxygen atoms in total. The fourth-order valence-corrected chi connectivity index (χ4v) is 15.4. The number of hydrogen-bond acceptors (Lipinski definition) is 2. The van der Waals surface area contributed by atoms with E-state index >= 15 is 0 Å². The van der Waals surface area contributed by atoms with Gasteiger partial charge in [0.15, 0.2) is 8.07 Å². The van der Waals surface area contributed by atoms with E-state index in [1.807, 2.05) is 0 Å². The molecule has 8 aromatic carbocycles. The Morgan fingerprint density at radius 3 is 1.40 bits per heavy atom. The molecule has 63 heavy (non-hydrogen) atoms. The van der Waals surface area contributed by atoms with Crippen LogP contribution in [0.25, 0.3) is 0 Å². The Labute approximate surface area is 377 Å². The summed E-state index contributed by atoms with van der Waals surface area (Å²) in [5.41, 5.74) is 17.9. The third kappa shape index (κ3) is 6.70. The van der Waals surface area contributed by atoms with Gasteiger partial charge in [-0.25, -0.2) is 0 Å². The number of anilines is 6. The Morgan fingerprint density at radius 1 is 0.381 bits per heavy atom. The minimum absolute atomic E-state index is 0.0102. The van der Waals surface area contributed by atoms with Gasteiger partial charge in [-0.05, 0) is 133 Å². The fourth-order valence-electron chi connectivity index (χ4n) is 10.6. The van der Waals surface area contributed by atoms with E-state index in [0.717, 1.165) is 0 Å². The number of fused-ring (bicyclic) bond motifs is 4. The van der Waals surface area contributed by atoms with Gasteiger partial charge < -0.3 is 9.80 Å². The molecule has 2 heterocycles. The van der Waals surface area contributed by atoms with Gasteiger partial charge in [-0.15, -0.1) is 0 Å². The lowest BCUT2D eigenvalue weighted by Gasteiger charge is -2.45. The van der Waals surface area contributed by atoms with E-state index in [4.69, 9.17) is 0 Å². The molecular formula is C59H57BN2Si. The molecule has 0 amide bonds. The Bertz CT molecular complexity index is 2900. The zero-order chi connectivity index (χ0) is 43.8. The van der Waals surface area contributed by atoms with E-state index < -0.39 is 8.07 Å². The third-order valence-corrected chi connectivity index (χ3v) is 18.5. The molecule has 0 aromatic heterocycles. The van der Waals surface area contributed by atoms with Crippen molar-refractivity contribution in [2.75, 3.05) is 9.80 Å². The summed E-state index contributed by atoms with van der Waals surface area (Å²) in [5.74, 6) is 0. The lowest BCUT2D eigenvalue weighted by Crippen LogP contribution is -2.75. The van der Waals surface area contributed by atoms with Crippen molar-refractivity contribution in [3.05, 3.63) is 210 Å². The Hall–Kier alpha value is -6.36. The molecular weight excluding hydrogens is 776 g/mol. The van der Waals surface area contributed by atoms with E-state index in [-0.39, 0.29) is 17.5 Å². The van der Waals surface area contributed by atoms with Crippen LogP contribution in [0, 0.1) is 20.8 Å². The summed E-state index contributed by atoms with van der Waals surface area (Å²) in [5, 5.41) is 5.52. The maximum absolute atomic E-state index is 2.87. The van der Waals surface area contributed by atoms with Gasteiger partial charge in [-0.3, -0.25) is 0 Å². The van der Waals surface area contributed by atoms with Gasteiger partial charge in [0, 0.05) is 34.1 Å². The Balaban J connectivity index is 1.34. The summed E-state index contributed by atoms with van der Waals surface area (Å²) >= 11 is 0. The summed E-state index contributed by atoms with van der Waals surface area (Å²) in [7, 11) is -2.87. The number of benzene rings is 8. The molecule has 0 atom stereocenters. The van der Waals surface area contributed by atoms with Gasteiger partial charge in [-0.2, -0.15) is 0 Å². The molecule has 0 saturated heterocycles. The van der Waals surface area contributed by atoms with Crippen molar-refractivity contribution in [1.29, 1.82) is 0 Å². The molecule has 8 aromatic rings. The maximum atomic E-state index is 2.64. The van der Waals surface area contributed by atoms with Crippen molar-refractivity contribution < 1.29 is 0 Å². The van der Waals surface area contributed by atoms with E-state index in [1.54, 1.807) is 0 Å². The van der Waals surface area contributed by atoms with Gasteiger partial charge >= 0.3 is 0 Å². The predicted octanol–water partition coefficient (Wildman–Crippen LogP) is 10.7. The van der Waals surface area contributed by atoms with Crippen molar-refractivity contribution >= 4 is 86.0 Å². The first-order chi connectivity index (χ1) is 30.2. The monoisotopic (exact) mass is 832 g/mol. The second-order valence-corrected chi connectivity index (χ2v) is 23.9. The summed E-state index contributed by atoms with van der Waals surface area (Å²) in [4.78, 5) is 5.15. The zero-order valence-corrected chi connectivity index (χ0v) is 39.3. The average molecular weight is 833 g/mol. The number of aryl methyl sites for hydroxylation is 3. The van der Waals surface area contributed by atoms with Crippen molar-refractivity contribution in [3.8, 4) is 0 Å². The van der Waals surface area contributed by atoms with E-state index in [2.05, 4.69) is 254 Å². The largest absolute Gasteiger partial charge is 0.311 e. The lowest BCUT2D eigenvalue weighted by atomic mass is 9.33. The second kappa shape index (κ2) is 15.2. The molecule has 0 unspecified atom stereocenters. The highest BCUT2D eigenvalue weighted by Crippen LogP contribution is 2.46. The summed E-state index contributed by atoms with van der Waals surface area (Å²) in [6.45, 7) is 20.7. The second-order valence-electron chi connectivity index (χ2n) is 20.1. The molecule has 0 radical (unpaired) electrons. The summed E-state index contributed by atoms with van der Waals surface area (Å²) in [6, 6.07) is 70.1. The van der Waals surface area contributed by atoms with Crippen LogP contribution < -0.4 is 46.9 Å². The van der Waals surface area contributed by atoms with Crippen LogP contribution in [0.3, 0.4) is 0 Å². The van der Waals surface area contributed by atoms with Crippen LogP contribution in [-0.4, -0.2) is 14.8 Å². The molecule has 10 rings (SSSR count). The molecule has 0 saturated carbocycles. The first-order valence-electron chi connectivity index (χ1n) is 22.6. The lowest BCUT2D eigenvalue weighted by molar-refractivity contribution is 0.590. The smallest absolute Gasteiger partial charge is 0.252 e. The molecule has 2 aliphatic heterocycles. The minimum atomic E-state index is -2.87. The van der Waals surface area contributed by atoms with Crippen LogP contribution in [-0.2, 0) is 10.8 Å². The predicted molar refractivity (Wildman–Crippen MR) is 276 cm³/mol. The molecule has 0 fully saturated rings. The van der Waals surface area contributed by atoms with Gasteiger partial charge in [-0.1, -0.05) is 187 Å². The van der Waals surface area contributed by atoms with Gasteiger partial charge in [0.05, 0.1) is 0 Å². The van der Waals surface area contributed by atoms with Crippen LogP contribution >= 0.6 is 0 Å². The quantitative estimate of drug-likeness (QED) is 0.122. The highest BCUT2D eigenvalue weighted by atomic mass is 28.3. The number of hydrogen-bond donors (Lipinski definition) is 0.